The lowest BCUT2D eigenvalue weighted by Crippen LogP contribution is -2.39. The Morgan fingerprint density at radius 2 is 2.00 bits per heavy atom. The van der Waals surface area contributed by atoms with Gasteiger partial charge in [0.2, 0.25) is 0 Å². The maximum Gasteiger partial charge on any atom is 0.0474 e. The minimum absolute atomic E-state index is 0.848. The molecule has 3 saturated carbocycles. The highest BCUT2D eigenvalue weighted by atomic mass is 16.5. The minimum Gasteiger partial charge on any atom is -0.385 e. The van der Waals surface area contributed by atoms with Crippen LogP contribution in [0.4, 0.5) is 0 Å². The second kappa shape index (κ2) is 4.66. The highest BCUT2D eigenvalue weighted by molar-refractivity contribution is 5.05. The lowest BCUT2D eigenvalue weighted by Gasteiger charge is -2.32. The lowest BCUT2D eigenvalue weighted by molar-refractivity contribution is 0.181. The van der Waals surface area contributed by atoms with Crippen LogP contribution in [0.2, 0.25) is 0 Å². The number of rotatable bonds is 5. The van der Waals surface area contributed by atoms with Crippen molar-refractivity contribution in [3.63, 3.8) is 0 Å². The van der Waals surface area contributed by atoms with Crippen molar-refractivity contribution in [2.24, 2.45) is 23.7 Å². The molecule has 92 valence electrons. The largest absolute Gasteiger partial charge is 0.385 e. The van der Waals surface area contributed by atoms with Gasteiger partial charge in [-0.25, -0.2) is 0 Å². The zero-order chi connectivity index (χ0) is 11.0. The van der Waals surface area contributed by atoms with Crippen LogP contribution in [0.15, 0.2) is 0 Å². The van der Waals surface area contributed by atoms with Crippen molar-refractivity contribution in [2.75, 3.05) is 20.3 Å². The molecule has 16 heavy (non-hydrogen) atoms. The predicted molar refractivity (Wildman–Crippen MR) is 65.3 cm³/mol. The van der Waals surface area contributed by atoms with Crippen LogP contribution >= 0.6 is 0 Å². The summed E-state index contributed by atoms with van der Waals surface area (Å²) in [5.74, 6) is 4.33. The van der Waals surface area contributed by atoms with Gasteiger partial charge in [-0.05, 0) is 62.3 Å². The van der Waals surface area contributed by atoms with E-state index in [0.29, 0.717) is 0 Å². The van der Waals surface area contributed by atoms with E-state index in [2.05, 4.69) is 5.32 Å². The van der Waals surface area contributed by atoms with Gasteiger partial charge < -0.3 is 10.1 Å². The average Bonchev–Trinajstić information content (AvgIpc) is 2.95. The maximum absolute atomic E-state index is 5.10. The molecule has 0 aromatic heterocycles. The first-order valence-corrected chi connectivity index (χ1v) is 7.12. The van der Waals surface area contributed by atoms with Gasteiger partial charge in [0.05, 0.1) is 0 Å². The molecule has 0 aliphatic heterocycles. The fourth-order valence-electron chi connectivity index (χ4n) is 4.81. The topological polar surface area (TPSA) is 21.3 Å². The Bertz CT molecular complexity index is 243. The SMILES string of the molecule is COCCCNC1CC2CC1C1CCCC21. The van der Waals surface area contributed by atoms with Gasteiger partial charge in [-0.1, -0.05) is 6.42 Å². The number of methoxy groups -OCH3 is 1. The van der Waals surface area contributed by atoms with Gasteiger partial charge in [-0.15, -0.1) is 0 Å². The van der Waals surface area contributed by atoms with Crippen molar-refractivity contribution >= 4 is 0 Å². The van der Waals surface area contributed by atoms with E-state index in [1.54, 1.807) is 13.5 Å². The average molecular weight is 223 g/mol. The molecule has 0 radical (unpaired) electrons. The lowest BCUT2D eigenvalue weighted by atomic mass is 9.79. The first-order chi connectivity index (χ1) is 7.90. The quantitative estimate of drug-likeness (QED) is 0.723. The van der Waals surface area contributed by atoms with Crippen LogP contribution in [0, 0.1) is 23.7 Å². The van der Waals surface area contributed by atoms with Crippen LogP contribution in [-0.2, 0) is 4.74 Å². The van der Waals surface area contributed by atoms with Gasteiger partial charge in [-0.2, -0.15) is 0 Å². The molecule has 0 heterocycles. The summed E-state index contributed by atoms with van der Waals surface area (Å²) in [7, 11) is 1.79. The van der Waals surface area contributed by atoms with Gasteiger partial charge in [-0.3, -0.25) is 0 Å². The molecule has 3 aliphatic carbocycles. The predicted octanol–water partition coefficient (Wildman–Crippen LogP) is 2.44. The molecule has 3 rings (SSSR count). The number of hydrogen-bond donors (Lipinski definition) is 1. The Hall–Kier alpha value is -0.0800. The molecule has 1 N–H and O–H groups in total. The summed E-state index contributed by atoms with van der Waals surface area (Å²) in [5.41, 5.74) is 0. The molecule has 0 amide bonds. The van der Waals surface area contributed by atoms with Crippen LogP contribution in [0.1, 0.15) is 38.5 Å². The van der Waals surface area contributed by atoms with Crippen LogP contribution in [-0.4, -0.2) is 26.3 Å². The van der Waals surface area contributed by atoms with Crippen LogP contribution < -0.4 is 5.32 Å². The Morgan fingerprint density at radius 1 is 1.12 bits per heavy atom. The van der Waals surface area contributed by atoms with Crippen molar-refractivity contribution in [1.82, 2.24) is 5.32 Å². The smallest absolute Gasteiger partial charge is 0.0474 e. The fraction of sp³-hybridized carbons (Fsp3) is 1.00. The molecule has 2 nitrogen and oxygen atoms in total. The number of nitrogens with one attached hydrogen (secondary N) is 1. The summed E-state index contributed by atoms with van der Waals surface area (Å²) in [6, 6.07) is 0.848. The van der Waals surface area contributed by atoms with Crippen molar-refractivity contribution in [3.8, 4) is 0 Å². The van der Waals surface area contributed by atoms with E-state index in [0.717, 1.165) is 42.9 Å². The van der Waals surface area contributed by atoms with Gasteiger partial charge in [0.1, 0.15) is 0 Å². The zero-order valence-electron chi connectivity index (χ0n) is 10.5. The normalized spacial score (nSPS) is 45.2. The van der Waals surface area contributed by atoms with Crippen molar-refractivity contribution in [3.05, 3.63) is 0 Å². The highest BCUT2D eigenvalue weighted by Gasteiger charge is 2.53. The Kier molecular flexibility index (Phi) is 3.21. The molecular formula is C14H25NO. The Labute approximate surface area is 99.1 Å². The van der Waals surface area contributed by atoms with E-state index < -0.39 is 0 Å². The standard InChI is InChI=1S/C14H25NO/c1-16-7-3-6-15-14-9-10-8-13(14)12-5-2-4-11(10)12/h10-15H,2-9H2,1H3. The Morgan fingerprint density at radius 3 is 2.88 bits per heavy atom. The molecular weight excluding hydrogens is 198 g/mol. The third-order valence-electron chi connectivity index (χ3n) is 5.36. The van der Waals surface area contributed by atoms with Gasteiger partial charge in [0, 0.05) is 19.8 Å². The third kappa shape index (κ3) is 1.80. The molecule has 3 aliphatic rings. The summed E-state index contributed by atoms with van der Waals surface area (Å²) >= 11 is 0. The number of fused-ring (bicyclic) bond motifs is 5. The summed E-state index contributed by atoms with van der Waals surface area (Å²) in [6.45, 7) is 2.05. The number of hydrogen-bond acceptors (Lipinski definition) is 2. The third-order valence-corrected chi connectivity index (χ3v) is 5.36. The summed E-state index contributed by atoms with van der Waals surface area (Å²) < 4.78 is 5.10. The monoisotopic (exact) mass is 223 g/mol. The maximum atomic E-state index is 5.10. The van der Waals surface area contributed by atoms with Crippen LogP contribution in [0.25, 0.3) is 0 Å². The van der Waals surface area contributed by atoms with E-state index >= 15 is 0 Å². The molecule has 3 fully saturated rings. The van der Waals surface area contributed by atoms with E-state index in [1.165, 1.54) is 32.1 Å². The van der Waals surface area contributed by atoms with Gasteiger partial charge in [0.15, 0.2) is 0 Å². The van der Waals surface area contributed by atoms with Crippen molar-refractivity contribution < 1.29 is 4.74 Å². The summed E-state index contributed by atoms with van der Waals surface area (Å²) in [4.78, 5) is 0. The summed E-state index contributed by atoms with van der Waals surface area (Å²) in [5, 5.41) is 3.78. The molecule has 5 unspecified atom stereocenters. The molecule has 5 atom stereocenters. The molecule has 2 bridgehead atoms. The summed E-state index contributed by atoms with van der Waals surface area (Å²) in [6.07, 6.45) is 8.76. The Balaban J connectivity index is 1.48. The molecule has 0 aromatic rings. The van der Waals surface area contributed by atoms with E-state index in [-0.39, 0.29) is 0 Å². The molecule has 0 spiro atoms. The molecule has 0 aromatic carbocycles. The van der Waals surface area contributed by atoms with Crippen LogP contribution in [0.5, 0.6) is 0 Å². The fourth-order valence-corrected chi connectivity index (χ4v) is 4.81. The molecule has 2 heteroatoms. The van der Waals surface area contributed by atoms with Crippen molar-refractivity contribution in [1.29, 1.82) is 0 Å². The first-order valence-electron chi connectivity index (χ1n) is 7.12. The van der Waals surface area contributed by atoms with Crippen LogP contribution in [0.3, 0.4) is 0 Å². The first kappa shape index (κ1) is 11.0. The zero-order valence-corrected chi connectivity index (χ0v) is 10.5. The number of ether oxygens (including phenoxy) is 1. The van der Waals surface area contributed by atoms with E-state index in [9.17, 15) is 0 Å². The van der Waals surface area contributed by atoms with Gasteiger partial charge in [0.25, 0.3) is 0 Å². The van der Waals surface area contributed by atoms with E-state index in [4.69, 9.17) is 4.74 Å². The van der Waals surface area contributed by atoms with Crippen molar-refractivity contribution in [2.45, 2.75) is 44.6 Å². The van der Waals surface area contributed by atoms with Gasteiger partial charge >= 0.3 is 0 Å². The van der Waals surface area contributed by atoms with E-state index in [1.807, 2.05) is 0 Å². The second-order valence-corrected chi connectivity index (χ2v) is 6.06. The second-order valence-electron chi connectivity index (χ2n) is 6.06. The minimum atomic E-state index is 0.848. The molecule has 0 saturated heterocycles. The highest BCUT2D eigenvalue weighted by Crippen LogP contribution is 2.58.